The number of piperidine rings is 1. The summed E-state index contributed by atoms with van der Waals surface area (Å²) in [7, 11) is 0. The average molecular weight is 561 g/mol. The molecule has 2 fully saturated rings. The first-order valence-corrected chi connectivity index (χ1v) is 14.7. The Kier molecular flexibility index (Phi) is 7.15. The molecule has 0 aliphatic carbocycles. The number of hydrogen-bond acceptors (Lipinski definition) is 6. The number of aromatic nitrogens is 1. The summed E-state index contributed by atoms with van der Waals surface area (Å²) in [6.07, 6.45) is 7.15. The van der Waals surface area contributed by atoms with Crippen LogP contribution in [-0.4, -0.2) is 34.1 Å². The molecule has 2 aromatic heterocycles. The molecule has 2 unspecified atom stereocenters. The van der Waals surface area contributed by atoms with E-state index in [0.29, 0.717) is 38.3 Å². The zero-order chi connectivity index (χ0) is 28.0. The molecule has 206 valence electrons. The Morgan fingerprint density at radius 3 is 2.60 bits per heavy atom. The van der Waals surface area contributed by atoms with Crippen LogP contribution in [0.2, 0.25) is 0 Å². The van der Waals surface area contributed by atoms with Gasteiger partial charge in [0.05, 0.1) is 16.1 Å². The minimum atomic E-state index is -0.670. The van der Waals surface area contributed by atoms with Crippen molar-refractivity contribution in [2.24, 2.45) is 5.73 Å². The normalized spacial score (nSPS) is 20.3. The first-order valence-electron chi connectivity index (χ1n) is 13.9. The van der Waals surface area contributed by atoms with Crippen LogP contribution in [-0.2, 0) is 6.42 Å². The van der Waals surface area contributed by atoms with Gasteiger partial charge in [0.25, 0.3) is 5.91 Å². The van der Waals surface area contributed by atoms with Gasteiger partial charge in [-0.05, 0) is 74.4 Å². The maximum Gasteiger partial charge on any atom is 0.264 e. The highest BCUT2D eigenvalue weighted by molar-refractivity contribution is 7.18. The summed E-state index contributed by atoms with van der Waals surface area (Å²) in [5.74, 6) is -1.24. The molecule has 6 nitrogen and oxygen atoms in total. The summed E-state index contributed by atoms with van der Waals surface area (Å²) >= 11 is 1.19. The zero-order valence-corrected chi connectivity index (χ0v) is 23.1. The molecule has 0 radical (unpaired) electrons. The van der Waals surface area contributed by atoms with E-state index in [0.717, 1.165) is 50.6 Å². The second kappa shape index (κ2) is 10.8. The minimum Gasteiger partial charge on any atom is -0.356 e. The highest BCUT2D eigenvalue weighted by Crippen LogP contribution is 2.44. The third-order valence-electron chi connectivity index (χ3n) is 8.24. The van der Waals surface area contributed by atoms with E-state index in [-0.39, 0.29) is 35.2 Å². The van der Waals surface area contributed by atoms with E-state index >= 15 is 4.39 Å². The highest BCUT2D eigenvalue weighted by atomic mass is 32.1. The molecule has 0 saturated carbocycles. The summed E-state index contributed by atoms with van der Waals surface area (Å²) in [5, 5.41) is 14.0. The zero-order valence-electron chi connectivity index (χ0n) is 22.3. The van der Waals surface area contributed by atoms with Crippen LogP contribution in [0.5, 0.6) is 0 Å². The van der Waals surface area contributed by atoms with Crippen LogP contribution in [0.25, 0.3) is 32.5 Å². The van der Waals surface area contributed by atoms with Crippen molar-refractivity contribution in [2.75, 3.05) is 0 Å². The number of aryl methyl sites for hydroxylation is 1. The maximum absolute atomic E-state index is 15.8. The molecule has 6 rings (SSSR count). The number of carbonyl (C=O) groups is 1. The van der Waals surface area contributed by atoms with E-state index in [9.17, 15) is 14.4 Å². The van der Waals surface area contributed by atoms with Crippen LogP contribution in [0.1, 0.15) is 72.8 Å². The van der Waals surface area contributed by atoms with Gasteiger partial charge in [-0.25, -0.2) is 8.78 Å². The standard InChI is InChI=1S/C31H30F2N4O2S/c1-2-3-4-5-27-24-13-26(33)23(14-28(24)39-36-27)30-22(17-6-7-18(16-34)25(32)10-17)15-29(40-30)31(38)37-20-8-9-21(37)12-19(35)11-20/h6-7,10,13-15,19-21H,2-5,8-9,11-12,35H2,1H3. The lowest BCUT2D eigenvalue weighted by Gasteiger charge is -2.37. The predicted octanol–water partition coefficient (Wildman–Crippen LogP) is 7.20. The molecule has 2 atom stereocenters. The molecule has 4 aromatic rings. The fraction of sp³-hybridized carbons (Fsp3) is 0.387. The first kappa shape index (κ1) is 26.6. The van der Waals surface area contributed by atoms with E-state index in [1.54, 1.807) is 18.2 Å². The molecular weight excluding hydrogens is 530 g/mol. The van der Waals surface area contributed by atoms with Crippen molar-refractivity contribution in [2.45, 2.75) is 76.4 Å². The number of unbranched alkanes of at least 4 members (excludes halogenated alkanes) is 2. The van der Waals surface area contributed by atoms with Gasteiger partial charge in [-0.15, -0.1) is 11.3 Å². The quantitative estimate of drug-likeness (QED) is 0.241. The van der Waals surface area contributed by atoms with Crippen molar-refractivity contribution >= 4 is 28.2 Å². The summed E-state index contributed by atoms with van der Waals surface area (Å²) in [4.78, 5) is 16.7. The molecule has 40 heavy (non-hydrogen) atoms. The first-order chi connectivity index (χ1) is 19.4. The molecule has 2 bridgehead atoms. The van der Waals surface area contributed by atoms with Crippen LogP contribution < -0.4 is 5.73 Å². The average Bonchev–Trinajstić information content (AvgIpc) is 3.62. The number of halogens is 2. The lowest BCUT2D eigenvalue weighted by molar-refractivity contribution is 0.0580. The number of carbonyl (C=O) groups excluding carboxylic acids is 1. The van der Waals surface area contributed by atoms with Gasteiger partial charge < -0.3 is 15.2 Å². The predicted molar refractivity (Wildman–Crippen MR) is 151 cm³/mol. The number of nitriles is 1. The second-order valence-corrected chi connectivity index (χ2v) is 12.0. The van der Waals surface area contributed by atoms with Crippen molar-refractivity contribution in [3.63, 3.8) is 0 Å². The fourth-order valence-corrected chi connectivity index (χ4v) is 7.41. The third-order valence-corrected chi connectivity index (χ3v) is 9.40. The lowest BCUT2D eigenvalue weighted by atomic mass is 9.97. The smallest absolute Gasteiger partial charge is 0.264 e. The topological polar surface area (TPSA) is 96.2 Å². The SMILES string of the molecule is CCCCCc1noc2cc(-c3sc(C(=O)N4C5CCC4CC(N)C5)cc3-c3ccc(C#N)c(F)c3)c(F)cc12. The fourth-order valence-electron chi connectivity index (χ4n) is 6.27. The molecule has 2 aliphatic rings. The van der Waals surface area contributed by atoms with Crippen molar-refractivity contribution in [3.05, 3.63) is 64.2 Å². The lowest BCUT2D eigenvalue weighted by Crippen LogP contribution is -2.49. The summed E-state index contributed by atoms with van der Waals surface area (Å²) in [5.41, 5.74) is 8.58. The van der Waals surface area contributed by atoms with Crippen LogP contribution in [0.4, 0.5) is 8.78 Å². The molecule has 9 heteroatoms. The molecule has 2 saturated heterocycles. The Morgan fingerprint density at radius 1 is 1.12 bits per heavy atom. The molecule has 2 aliphatic heterocycles. The van der Waals surface area contributed by atoms with Crippen molar-refractivity contribution < 1.29 is 18.1 Å². The van der Waals surface area contributed by atoms with Crippen LogP contribution in [0.3, 0.4) is 0 Å². The summed E-state index contributed by atoms with van der Waals surface area (Å²) < 4.78 is 36.1. The third kappa shape index (κ3) is 4.69. The van der Waals surface area contributed by atoms with Gasteiger partial charge in [0.15, 0.2) is 5.58 Å². The maximum atomic E-state index is 15.8. The molecular formula is C31H30F2N4O2S. The van der Waals surface area contributed by atoms with Gasteiger partial charge in [-0.2, -0.15) is 5.26 Å². The largest absolute Gasteiger partial charge is 0.356 e. The molecule has 0 spiro atoms. The minimum absolute atomic E-state index is 0.0806. The van der Waals surface area contributed by atoms with E-state index in [2.05, 4.69) is 12.1 Å². The van der Waals surface area contributed by atoms with Crippen molar-refractivity contribution in [1.82, 2.24) is 10.1 Å². The van der Waals surface area contributed by atoms with Gasteiger partial charge in [0.2, 0.25) is 0 Å². The Labute approximate surface area is 235 Å². The van der Waals surface area contributed by atoms with E-state index < -0.39 is 11.6 Å². The number of nitrogens with two attached hydrogens (primary N) is 1. The number of rotatable bonds is 7. The van der Waals surface area contributed by atoms with Gasteiger partial charge in [-0.3, -0.25) is 4.79 Å². The molecule has 1 amide bonds. The van der Waals surface area contributed by atoms with Crippen LogP contribution in [0.15, 0.2) is 40.9 Å². The number of amides is 1. The van der Waals surface area contributed by atoms with Gasteiger partial charge in [-0.1, -0.05) is 31.0 Å². The van der Waals surface area contributed by atoms with Crippen LogP contribution in [0, 0.1) is 23.0 Å². The Hall–Kier alpha value is -3.61. The Bertz CT molecular complexity index is 1620. The Balaban J connectivity index is 1.44. The van der Waals surface area contributed by atoms with Gasteiger partial charge >= 0.3 is 0 Å². The van der Waals surface area contributed by atoms with Crippen LogP contribution >= 0.6 is 11.3 Å². The molecule has 2 N–H and O–H groups in total. The number of hydrogen-bond donors (Lipinski definition) is 1. The highest BCUT2D eigenvalue weighted by Gasteiger charge is 2.43. The summed E-state index contributed by atoms with van der Waals surface area (Å²) in [6.45, 7) is 2.12. The summed E-state index contributed by atoms with van der Waals surface area (Å²) in [6, 6.07) is 11.2. The molecule has 2 aromatic carbocycles. The Morgan fingerprint density at radius 2 is 1.90 bits per heavy atom. The monoisotopic (exact) mass is 560 g/mol. The van der Waals surface area contributed by atoms with E-state index in [1.807, 2.05) is 11.0 Å². The number of nitrogens with zero attached hydrogens (tertiary/aromatic N) is 3. The van der Waals surface area contributed by atoms with Gasteiger partial charge in [0.1, 0.15) is 17.7 Å². The number of benzene rings is 2. The van der Waals surface area contributed by atoms with Crippen molar-refractivity contribution in [1.29, 1.82) is 5.26 Å². The van der Waals surface area contributed by atoms with E-state index in [1.165, 1.54) is 29.5 Å². The number of thiophene rings is 1. The molecule has 4 heterocycles. The second-order valence-electron chi connectivity index (χ2n) is 10.9. The number of fused-ring (bicyclic) bond motifs is 3. The van der Waals surface area contributed by atoms with Crippen molar-refractivity contribution in [3.8, 4) is 27.6 Å². The van der Waals surface area contributed by atoms with Gasteiger partial charge in [0, 0.05) is 39.5 Å². The van der Waals surface area contributed by atoms with E-state index in [4.69, 9.17) is 10.3 Å².